The van der Waals surface area contributed by atoms with Crippen LogP contribution in [0.3, 0.4) is 0 Å². The van der Waals surface area contributed by atoms with Crippen molar-refractivity contribution in [2.24, 2.45) is 0 Å². The first kappa shape index (κ1) is 14.6. The lowest BCUT2D eigenvalue weighted by atomic mass is 10.3. The van der Waals surface area contributed by atoms with Gasteiger partial charge in [0.1, 0.15) is 5.75 Å². The number of nitrogens with one attached hydrogen (secondary N) is 1. The van der Waals surface area contributed by atoms with Gasteiger partial charge in [-0.15, -0.1) is 0 Å². The first-order chi connectivity index (χ1) is 8.52. The molecule has 100 valence electrons. The molecular weight excluding hydrogens is 256 g/mol. The van der Waals surface area contributed by atoms with Crippen molar-refractivity contribution in [3.05, 3.63) is 23.2 Å². The van der Waals surface area contributed by atoms with Crippen molar-refractivity contribution in [1.29, 1.82) is 0 Å². The van der Waals surface area contributed by atoms with E-state index in [-0.39, 0.29) is 18.6 Å². The molecule has 0 heterocycles. The molecule has 0 saturated carbocycles. The summed E-state index contributed by atoms with van der Waals surface area (Å²) in [6.45, 7) is 2.18. The number of anilines is 1. The van der Waals surface area contributed by atoms with Crippen LogP contribution in [0.2, 0.25) is 5.02 Å². The van der Waals surface area contributed by atoms with Crippen LogP contribution in [-0.2, 0) is 9.53 Å². The molecule has 3 N–H and O–H groups in total. The maximum Gasteiger partial charge on any atom is 0.258 e. The van der Waals surface area contributed by atoms with Crippen molar-refractivity contribution in [3.63, 3.8) is 0 Å². The van der Waals surface area contributed by atoms with E-state index in [9.17, 15) is 4.79 Å². The van der Waals surface area contributed by atoms with Gasteiger partial charge in [0, 0.05) is 24.2 Å². The molecule has 0 saturated heterocycles. The Kier molecular flexibility index (Phi) is 5.74. The van der Waals surface area contributed by atoms with E-state index in [0.29, 0.717) is 23.1 Å². The van der Waals surface area contributed by atoms with Gasteiger partial charge in [0.25, 0.3) is 5.91 Å². The Bertz CT molecular complexity index is 412. The number of carbonyl (C=O) groups is 1. The number of methoxy groups -OCH3 is 1. The molecule has 0 radical (unpaired) electrons. The van der Waals surface area contributed by atoms with Crippen LogP contribution in [0.1, 0.15) is 6.92 Å². The summed E-state index contributed by atoms with van der Waals surface area (Å²) in [5, 5.41) is 3.23. The van der Waals surface area contributed by atoms with Crippen molar-refractivity contribution in [3.8, 4) is 5.75 Å². The first-order valence-corrected chi connectivity index (χ1v) is 5.87. The topological polar surface area (TPSA) is 73.6 Å². The summed E-state index contributed by atoms with van der Waals surface area (Å²) in [7, 11) is 1.58. The van der Waals surface area contributed by atoms with Crippen molar-refractivity contribution >= 4 is 23.2 Å². The van der Waals surface area contributed by atoms with E-state index in [1.165, 1.54) is 0 Å². The number of nitrogen functional groups attached to an aromatic ring is 1. The van der Waals surface area contributed by atoms with Crippen LogP contribution in [0.15, 0.2) is 18.2 Å². The molecule has 18 heavy (non-hydrogen) atoms. The molecule has 6 heteroatoms. The fourth-order valence-corrected chi connectivity index (χ4v) is 1.55. The Morgan fingerprint density at radius 1 is 1.56 bits per heavy atom. The molecule has 0 fully saturated rings. The second-order valence-electron chi connectivity index (χ2n) is 3.89. The van der Waals surface area contributed by atoms with Gasteiger partial charge < -0.3 is 20.5 Å². The number of nitrogens with two attached hydrogens (primary N) is 1. The molecule has 0 bridgehead atoms. The summed E-state index contributed by atoms with van der Waals surface area (Å²) in [5.74, 6) is 0.163. The summed E-state index contributed by atoms with van der Waals surface area (Å²) in [4.78, 5) is 11.5. The number of amides is 1. The molecule has 1 aromatic carbocycles. The number of hydrogen-bond acceptors (Lipinski definition) is 4. The van der Waals surface area contributed by atoms with Crippen molar-refractivity contribution in [1.82, 2.24) is 5.32 Å². The average Bonchev–Trinajstić information content (AvgIpc) is 2.30. The van der Waals surface area contributed by atoms with Crippen LogP contribution in [0, 0.1) is 0 Å². The third kappa shape index (κ3) is 4.81. The van der Waals surface area contributed by atoms with E-state index in [1.807, 2.05) is 6.92 Å². The van der Waals surface area contributed by atoms with Crippen molar-refractivity contribution in [2.75, 3.05) is 26.1 Å². The van der Waals surface area contributed by atoms with Crippen molar-refractivity contribution < 1.29 is 14.3 Å². The molecule has 0 aliphatic heterocycles. The zero-order valence-electron chi connectivity index (χ0n) is 10.4. The minimum Gasteiger partial charge on any atom is -0.482 e. The highest BCUT2D eigenvalue weighted by atomic mass is 35.5. The number of benzene rings is 1. The normalized spacial score (nSPS) is 11.9. The first-order valence-electron chi connectivity index (χ1n) is 5.49. The zero-order chi connectivity index (χ0) is 13.5. The minimum atomic E-state index is -0.237. The lowest BCUT2D eigenvalue weighted by Crippen LogP contribution is -2.38. The largest absolute Gasteiger partial charge is 0.482 e. The van der Waals surface area contributed by atoms with Gasteiger partial charge in [0.2, 0.25) is 0 Å². The van der Waals surface area contributed by atoms with E-state index in [4.69, 9.17) is 26.8 Å². The summed E-state index contributed by atoms with van der Waals surface area (Å²) >= 11 is 5.81. The summed E-state index contributed by atoms with van der Waals surface area (Å²) < 4.78 is 10.2. The third-order valence-corrected chi connectivity index (χ3v) is 2.39. The monoisotopic (exact) mass is 272 g/mol. The highest BCUT2D eigenvalue weighted by molar-refractivity contribution is 6.30. The highest BCUT2D eigenvalue weighted by Crippen LogP contribution is 2.25. The molecule has 5 nitrogen and oxygen atoms in total. The number of ether oxygens (including phenoxy) is 2. The Labute approximate surface area is 111 Å². The van der Waals surface area contributed by atoms with Crippen LogP contribution < -0.4 is 15.8 Å². The Morgan fingerprint density at radius 2 is 2.28 bits per heavy atom. The second kappa shape index (κ2) is 7.08. The minimum absolute atomic E-state index is 0.0668. The Hall–Kier alpha value is -1.46. The van der Waals surface area contributed by atoms with Crippen LogP contribution in [0.5, 0.6) is 5.75 Å². The molecule has 1 unspecified atom stereocenters. The van der Waals surface area contributed by atoms with Gasteiger partial charge in [0.15, 0.2) is 6.61 Å². The highest BCUT2D eigenvalue weighted by Gasteiger charge is 2.09. The fraction of sp³-hybridized carbons (Fsp3) is 0.417. The predicted molar refractivity (Wildman–Crippen MR) is 70.8 cm³/mol. The zero-order valence-corrected chi connectivity index (χ0v) is 11.2. The SMILES string of the molecule is COCC(C)NC(=O)COc1cc(Cl)ccc1N. The summed E-state index contributed by atoms with van der Waals surface area (Å²) in [5.41, 5.74) is 6.13. The number of carbonyl (C=O) groups excluding carboxylic acids is 1. The van der Waals surface area contributed by atoms with Gasteiger partial charge in [-0.3, -0.25) is 4.79 Å². The maximum atomic E-state index is 11.5. The number of hydrogen-bond donors (Lipinski definition) is 2. The van der Waals surface area contributed by atoms with Crippen LogP contribution in [0.4, 0.5) is 5.69 Å². The van der Waals surface area contributed by atoms with E-state index in [2.05, 4.69) is 5.32 Å². The van der Waals surface area contributed by atoms with Crippen LogP contribution in [-0.4, -0.2) is 32.3 Å². The molecule has 0 aliphatic carbocycles. The van der Waals surface area contributed by atoms with Gasteiger partial charge in [-0.2, -0.15) is 0 Å². The third-order valence-electron chi connectivity index (χ3n) is 2.16. The molecular formula is C12H17ClN2O3. The van der Waals surface area contributed by atoms with Gasteiger partial charge in [0.05, 0.1) is 12.3 Å². The standard InChI is InChI=1S/C12H17ClN2O3/c1-8(6-17-2)15-12(16)7-18-11-5-9(13)3-4-10(11)14/h3-5,8H,6-7,14H2,1-2H3,(H,15,16). The molecule has 0 aliphatic rings. The van der Waals surface area contributed by atoms with E-state index >= 15 is 0 Å². The van der Waals surface area contributed by atoms with Gasteiger partial charge in [-0.25, -0.2) is 0 Å². The molecule has 0 aromatic heterocycles. The Balaban J connectivity index is 2.45. The molecule has 1 aromatic rings. The fourth-order valence-electron chi connectivity index (χ4n) is 1.38. The van der Waals surface area contributed by atoms with E-state index < -0.39 is 0 Å². The van der Waals surface area contributed by atoms with E-state index in [0.717, 1.165) is 0 Å². The average molecular weight is 273 g/mol. The molecule has 1 atom stereocenters. The number of halogens is 1. The maximum absolute atomic E-state index is 11.5. The second-order valence-corrected chi connectivity index (χ2v) is 4.33. The molecule has 0 spiro atoms. The Morgan fingerprint density at radius 3 is 2.94 bits per heavy atom. The van der Waals surface area contributed by atoms with Crippen molar-refractivity contribution in [2.45, 2.75) is 13.0 Å². The van der Waals surface area contributed by atoms with Gasteiger partial charge in [-0.1, -0.05) is 11.6 Å². The quantitative estimate of drug-likeness (QED) is 0.769. The van der Waals surface area contributed by atoms with Crippen LogP contribution >= 0.6 is 11.6 Å². The predicted octanol–water partition coefficient (Wildman–Crippen LogP) is 1.45. The smallest absolute Gasteiger partial charge is 0.258 e. The van der Waals surface area contributed by atoms with E-state index in [1.54, 1.807) is 25.3 Å². The molecule has 1 amide bonds. The van der Waals surface area contributed by atoms with Crippen LogP contribution in [0.25, 0.3) is 0 Å². The lowest BCUT2D eigenvalue weighted by molar-refractivity contribution is -0.124. The van der Waals surface area contributed by atoms with Gasteiger partial charge in [-0.05, 0) is 19.1 Å². The number of rotatable bonds is 6. The lowest BCUT2D eigenvalue weighted by Gasteiger charge is -2.13. The summed E-state index contributed by atoms with van der Waals surface area (Å²) in [6.07, 6.45) is 0. The molecule has 1 rings (SSSR count). The van der Waals surface area contributed by atoms with Gasteiger partial charge >= 0.3 is 0 Å². The summed E-state index contributed by atoms with van der Waals surface area (Å²) in [6, 6.07) is 4.79.